The lowest BCUT2D eigenvalue weighted by Crippen LogP contribution is -1.93. The first-order valence-electron chi connectivity index (χ1n) is 5.43. The maximum Gasteiger partial charge on any atom is 0.0480 e. The van der Waals surface area contributed by atoms with Crippen molar-refractivity contribution in [2.75, 3.05) is 0 Å². The minimum Gasteiger partial charge on any atom is -0.347 e. The Morgan fingerprint density at radius 3 is 2.71 bits per heavy atom. The smallest absolute Gasteiger partial charge is 0.0480 e. The second-order valence-electron chi connectivity index (χ2n) is 3.76. The van der Waals surface area contributed by atoms with Crippen LogP contribution >= 0.6 is 0 Å². The molecule has 1 heteroatoms. The number of aryl methyl sites for hydroxylation is 2. The molecule has 0 amide bonds. The lowest BCUT2D eigenvalue weighted by molar-refractivity contribution is 0.703. The molecule has 2 aromatic rings. The Hall–Kier alpha value is -1.24. The predicted molar refractivity (Wildman–Crippen MR) is 61.6 cm³/mol. The zero-order chi connectivity index (χ0) is 9.97. The second kappa shape index (κ2) is 3.87. The Morgan fingerprint density at radius 2 is 2.00 bits per heavy atom. The minimum absolute atomic E-state index is 1.12. The quantitative estimate of drug-likeness (QED) is 0.691. The van der Waals surface area contributed by atoms with Gasteiger partial charge in [-0.1, -0.05) is 19.9 Å². The first-order valence-corrected chi connectivity index (χ1v) is 5.43. The third kappa shape index (κ3) is 1.54. The molecule has 0 unspecified atom stereocenters. The summed E-state index contributed by atoms with van der Waals surface area (Å²) in [6.07, 6.45) is 4.50. The Morgan fingerprint density at radius 1 is 1.14 bits per heavy atom. The number of fused-ring (bicyclic) bond motifs is 1. The van der Waals surface area contributed by atoms with Crippen molar-refractivity contribution in [2.24, 2.45) is 0 Å². The van der Waals surface area contributed by atoms with E-state index in [2.05, 4.69) is 48.9 Å². The molecule has 0 spiro atoms. The summed E-state index contributed by atoms with van der Waals surface area (Å²) in [4.78, 5) is 0. The van der Waals surface area contributed by atoms with Crippen molar-refractivity contribution in [3.63, 3.8) is 0 Å². The summed E-state index contributed by atoms with van der Waals surface area (Å²) in [5, 5.41) is 1.37. The molecule has 1 aromatic heterocycles. The van der Waals surface area contributed by atoms with E-state index in [4.69, 9.17) is 0 Å². The van der Waals surface area contributed by atoms with Gasteiger partial charge < -0.3 is 4.57 Å². The zero-order valence-corrected chi connectivity index (χ0v) is 8.96. The molecule has 0 atom stereocenters. The summed E-state index contributed by atoms with van der Waals surface area (Å²) in [6, 6.07) is 8.98. The summed E-state index contributed by atoms with van der Waals surface area (Å²) >= 11 is 0. The Balaban J connectivity index is 2.48. The number of nitrogens with zero attached hydrogens (tertiary/aromatic N) is 1. The molecule has 0 radical (unpaired) electrons. The zero-order valence-electron chi connectivity index (χ0n) is 8.96. The van der Waals surface area contributed by atoms with Crippen molar-refractivity contribution in [2.45, 2.75) is 33.2 Å². The van der Waals surface area contributed by atoms with Crippen molar-refractivity contribution in [1.82, 2.24) is 4.57 Å². The van der Waals surface area contributed by atoms with Crippen LogP contribution in [0.2, 0.25) is 0 Å². The van der Waals surface area contributed by atoms with Crippen molar-refractivity contribution in [3.8, 4) is 0 Å². The lowest BCUT2D eigenvalue weighted by atomic mass is 10.1. The van der Waals surface area contributed by atoms with Crippen LogP contribution in [-0.2, 0) is 13.0 Å². The average molecular weight is 187 g/mol. The van der Waals surface area contributed by atoms with Gasteiger partial charge in [0.1, 0.15) is 0 Å². The fourth-order valence-electron chi connectivity index (χ4n) is 1.91. The van der Waals surface area contributed by atoms with E-state index in [9.17, 15) is 0 Å². The van der Waals surface area contributed by atoms with E-state index in [0.717, 1.165) is 13.0 Å². The fourth-order valence-corrected chi connectivity index (χ4v) is 1.91. The van der Waals surface area contributed by atoms with Crippen LogP contribution < -0.4 is 0 Å². The molecule has 0 aliphatic rings. The Labute approximate surface area is 85.4 Å². The Kier molecular flexibility index (Phi) is 2.58. The van der Waals surface area contributed by atoms with Crippen LogP contribution in [0, 0.1) is 0 Å². The molecular formula is C13H17N. The number of benzene rings is 1. The molecule has 2 rings (SSSR count). The van der Waals surface area contributed by atoms with Gasteiger partial charge in [-0.3, -0.25) is 0 Å². The fraction of sp³-hybridized carbons (Fsp3) is 0.385. The van der Waals surface area contributed by atoms with Crippen LogP contribution in [0.5, 0.6) is 0 Å². The highest BCUT2D eigenvalue weighted by Crippen LogP contribution is 2.18. The SMILES string of the molecule is CCCn1ccc2cc(CC)ccc21. The van der Waals surface area contributed by atoms with Crippen LogP contribution in [0.3, 0.4) is 0 Å². The van der Waals surface area contributed by atoms with Gasteiger partial charge >= 0.3 is 0 Å². The summed E-state index contributed by atoms with van der Waals surface area (Å²) in [5.41, 5.74) is 2.79. The molecular weight excluding hydrogens is 170 g/mol. The summed E-state index contributed by atoms with van der Waals surface area (Å²) < 4.78 is 2.33. The molecule has 0 saturated heterocycles. The number of hydrogen-bond acceptors (Lipinski definition) is 0. The van der Waals surface area contributed by atoms with Crippen LogP contribution in [0.25, 0.3) is 10.9 Å². The normalized spacial score (nSPS) is 11.0. The van der Waals surface area contributed by atoms with E-state index in [-0.39, 0.29) is 0 Å². The maximum atomic E-state index is 2.33. The highest BCUT2D eigenvalue weighted by Gasteiger charge is 2.00. The van der Waals surface area contributed by atoms with Crippen molar-refractivity contribution >= 4 is 10.9 Å². The highest BCUT2D eigenvalue weighted by atomic mass is 14.9. The third-order valence-electron chi connectivity index (χ3n) is 2.71. The molecule has 74 valence electrons. The first kappa shape index (κ1) is 9.32. The van der Waals surface area contributed by atoms with Gasteiger partial charge in [-0.25, -0.2) is 0 Å². The van der Waals surface area contributed by atoms with Crippen molar-refractivity contribution < 1.29 is 0 Å². The molecule has 0 N–H and O–H groups in total. The topological polar surface area (TPSA) is 4.93 Å². The van der Waals surface area contributed by atoms with Crippen LogP contribution in [0.15, 0.2) is 30.5 Å². The monoisotopic (exact) mass is 187 g/mol. The van der Waals surface area contributed by atoms with Crippen LogP contribution in [0.1, 0.15) is 25.8 Å². The van der Waals surface area contributed by atoms with Gasteiger partial charge in [0.2, 0.25) is 0 Å². The predicted octanol–water partition coefficient (Wildman–Crippen LogP) is 3.61. The lowest BCUT2D eigenvalue weighted by Gasteiger charge is -2.03. The van der Waals surface area contributed by atoms with Gasteiger partial charge in [-0.15, -0.1) is 0 Å². The molecule has 0 fully saturated rings. The number of rotatable bonds is 3. The molecule has 0 bridgehead atoms. The van der Waals surface area contributed by atoms with Crippen molar-refractivity contribution in [3.05, 3.63) is 36.0 Å². The molecule has 14 heavy (non-hydrogen) atoms. The van der Waals surface area contributed by atoms with E-state index in [1.165, 1.54) is 22.9 Å². The molecule has 1 nitrogen and oxygen atoms in total. The third-order valence-corrected chi connectivity index (χ3v) is 2.71. The van der Waals surface area contributed by atoms with E-state index in [1.54, 1.807) is 0 Å². The van der Waals surface area contributed by atoms with E-state index in [1.807, 2.05) is 0 Å². The average Bonchev–Trinajstić information content (AvgIpc) is 2.61. The molecule has 0 aliphatic carbocycles. The summed E-state index contributed by atoms with van der Waals surface area (Å²) in [7, 11) is 0. The molecule has 1 heterocycles. The van der Waals surface area contributed by atoms with E-state index < -0.39 is 0 Å². The molecule has 1 aromatic carbocycles. The highest BCUT2D eigenvalue weighted by molar-refractivity contribution is 5.80. The second-order valence-corrected chi connectivity index (χ2v) is 3.76. The van der Waals surface area contributed by atoms with Gasteiger partial charge in [-0.05, 0) is 42.0 Å². The van der Waals surface area contributed by atoms with Gasteiger partial charge in [-0.2, -0.15) is 0 Å². The molecule has 0 aliphatic heterocycles. The van der Waals surface area contributed by atoms with Crippen LogP contribution in [0.4, 0.5) is 0 Å². The van der Waals surface area contributed by atoms with Crippen molar-refractivity contribution in [1.29, 1.82) is 0 Å². The minimum atomic E-state index is 1.12. The van der Waals surface area contributed by atoms with E-state index >= 15 is 0 Å². The van der Waals surface area contributed by atoms with Gasteiger partial charge in [0.15, 0.2) is 0 Å². The standard InChI is InChI=1S/C13H17N/c1-3-8-14-9-7-12-10-11(4-2)5-6-13(12)14/h5-7,9-10H,3-4,8H2,1-2H3. The van der Waals surface area contributed by atoms with Gasteiger partial charge in [0.25, 0.3) is 0 Å². The Bertz CT molecular complexity index is 426. The van der Waals surface area contributed by atoms with Crippen LogP contribution in [-0.4, -0.2) is 4.57 Å². The largest absolute Gasteiger partial charge is 0.347 e. The van der Waals surface area contributed by atoms with Gasteiger partial charge in [0, 0.05) is 18.3 Å². The van der Waals surface area contributed by atoms with Gasteiger partial charge in [0.05, 0.1) is 0 Å². The number of hydrogen-bond donors (Lipinski definition) is 0. The molecule has 0 saturated carbocycles. The number of aromatic nitrogens is 1. The summed E-state index contributed by atoms with van der Waals surface area (Å²) in [5.74, 6) is 0. The van der Waals surface area contributed by atoms with E-state index in [0.29, 0.717) is 0 Å². The summed E-state index contributed by atoms with van der Waals surface area (Å²) in [6.45, 7) is 5.53. The first-order chi connectivity index (χ1) is 6.85. The maximum absolute atomic E-state index is 2.33.